The molecule has 31 heavy (non-hydrogen) atoms. The first-order valence-electron chi connectivity index (χ1n) is 10.0. The van der Waals surface area contributed by atoms with Gasteiger partial charge in [-0.05, 0) is 50.2 Å². The molecule has 160 valence electrons. The van der Waals surface area contributed by atoms with Crippen LogP contribution in [0.25, 0.3) is 11.4 Å². The van der Waals surface area contributed by atoms with E-state index in [1.807, 2.05) is 66.9 Å². The van der Waals surface area contributed by atoms with Crippen LogP contribution in [0.5, 0.6) is 0 Å². The number of hydrogen-bond acceptors (Lipinski definition) is 5. The van der Waals surface area contributed by atoms with E-state index in [-0.39, 0.29) is 30.0 Å². The van der Waals surface area contributed by atoms with E-state index in [1.165, 1.54) is 11.8 Å². The summed E-state index contributed by atoms with van der Waals surface area (Å²) in [5, 5.41) is 12.8. The lowest BCUT2D eigenvalue weighted by molar-refractivity contribution is -0.117. The number of hydrogen-bond donors (Lipinski definition) is 1. The Hall–Kier alpha value is -2.84. The Balaban J connectivity index is 1.55. The van der Waals surface area contributed by atoms with Crippen LogP contribution < -0.4 is 10.2 Å². The van der Waals surface area contributed by atoms with Gasteiger partial charge in [0.15, 0.2) is 11.0 Å². The van der Waals surface area contributed by atoms with Gasteiger partial charge in [-0.1, -0.05) is 35.5 Å². The summed E-state index contributed by atoms with van der Waals surface area (Å²) in [5.74, 6) is 0.741. The fraction of sp³-hybridized carbons (Fsp3) is 0.273. The van der Waals surface area contributed by atoms with Gasteiger partial charge in [0.1, 0.15) is 0 Å². The largest absolute Gasteiger partial charge is 0.324 e. The van der Waals surface area contributed by atoms with Crippen molar-refractivity contribution in [2.24, 2.45) is 0 Å². The molecule has 2 aromatic carbocycles. The summed E-state index contributed by atoms with van der Waals surface area (Å²) >= 11 is 7.33. The maximum Gasteiger partial charge on any atom is 0.237 e. The summed E-state index contributed by atoms with van der Waals surface area (Å²) < 4.78 is 1.98. The van der Waals surface area contributed by atoms with Gasteiger partial charge < -0.3 is 14.8 Å². The summed E-state index contributed by atoms with van der Waals surface area (Å²) in [6, 6.07) is 14.6. The van der Waals surface area contributed by atoms with E-state index in [2.05, 4.69) is 15.5 Å². The molecule has 9 heteroatoms. The lowest BCUT2D eigenvalue weighted by atomic mass is 10.2. The van der Waals surface area contributed by atoms with Crippen molar-refractivity contribution in [3.63, 3.8) is 0 Å². The molecule has 0 spiro atoms. The van der Waals surface area contributed by atoms with Crippen LogP contribution in [0.4, 0.5) is 11.4 Å². The minimum absolute atomic E-state index is 0.0832. The molecule has 0 saturated carbocycles. The zero-order chi connectivity index (χ0) is 22.0. The van der Waals surface area contributed by atoms with E-state index in [0.717, 1.165) is 11.4 Å². The van der Waals surface area contributed by atoms with Gasteiger partial charge in [-0.3, -0.25) is 9.59 Å². The number of anilines is 2. The molecule has 1 atom stereocenters. The zero-order valence-electron chi connectivity index (χ0n) is 17.2. The van der Waals surface area contributed by atoms with E-state index in [4.69, 9.17) is 11.6 Å². The van der Waals surface area contributed by atoms with Gasteiger partial charge in [-0.25, -0.2) is 0 Å². The molecular weight excluding hydrogens is 434 g/mol. The predicted molar refractivity (Wildman–Crippen MR) is 124 cm³/mol. The van der Waals surface area contributed by atoms with Gasteiger partial charge in [0.2, 0.25) is 11.8 Å². The highest BCUT2D eigenvalue weighted by Crippen LogP contribution is 2.32. The molecule has 1 aliphatic heterocycles. The van der Waals surface area contributed by atoms with Gasteiger partial charge in [-0.2, -0.15) is 0 Å². The molecule has 0 saturated heterocycles. The lowest BCUT2D eigenvalue weighted by Gasteiger charge is -2.27. The maximum absolute atomic E-state index is 13.2. The Kier molecular flexibility index (Phi) is 6.29. The zero-order valence-corrected chi connectivity index (χ0v) is 18.8. The number of para-hydroxylation sites is 2. The van der Waals surface area contributed by atoms with Crippen LogP contribution in [0.15, 0.2) is 53.7 Å². The molecule has 0 bridgehead atoms. The number of fused-ring (bicyclic) bond motifs is 1. The number of aromatic nitrogens is 3. The highest BCUT2D eigenvalue weighted by atomic mass is 35.5. The second kappa shape index (κ2) is 9.11. The van der Waals surface area contributed by atoms with Crippen LogP contribution >= 0.6 is 23.4 Å². The van der Waals surface area contributed by atoms with Gasteiger partial charge in [-0.15, -0.1) is 10.2 Å². The van der Waals surface area contributed by atoms with Gasteiger partial charge in [0.25, 0.3) is 0 Å². The third-order valence-electron chi connectivity index (χ3n) is 5.09. The molecule has 1 aromatic heterocycles. The van der Waals surface area contributed by atoms with Crippen LogP contribution in [0.1, 0.15) is 20.3 Å². The summed E-state index contributed by atoms with van der Waals surface area (Å²) in [6.45, 7) is 4.57. The number of rotatable bonds is 5. The highest BCUT2D eigenvalue weighted by Gasteiger charge is 2.29. The molecule has 4 rings (SSSR count). The van der Waals surface area contributed by atoms with Crippen LogP contribution in [0.3, 0.4) is 0 Å². The molecule has 0 fully saturated rings. The third-order valence-corrected chi connectivity index (χ3v) is 6.29. The molecular formula is C22H22ClN5O2S. The van der Waals surface area contributed by atoms with Crippen LogP contribution in [-0.2, 0) is 16.1 Å². The van der Waals surface area contributed by atoms with Crippen molar-refractivity contribution in [3.05, 3.63) is 53.6 Å². The van der Waals surface area contributed by atoms with Crippen molar-refractivity contribution in [2.75, 3.05) is 16.0 Å². The molecule has 1 unspecified atom stereocenters. The van der Waals surface area contributed by atoms with Crippen molar-refractivity contribution in [3.8, 4) is 11.4 Å². The third kappa shape index (κ3) is 4.45. The molecule has 2 heterocycles. The molecule has 2 amide bonds. The maximum atomic E-state index is 13.2. The first-order chi connectivity index (χ1) is 15.0. The summed E-state index contributed by atoms with van der Waals surface area (Å²) in [7, 11) is 0. The molecule has 7 nitrogen and oxygen atoms in total. The summed E-state index contributed by atoms with van der Waals surface area (Å²) in [4.78, 5) is 27.1. The molecule has 1 aliphatic rings. The number of nitrogens with zero attached hydrogens (tertiary/aromatic N) is 4. The van der Waals surface area contributed by atoms with Gasteiger partial charge in [0, 0.05) is 29.6 Å². The molecule has 0 radical (unpaired) electrons. The topological polar surface area (TPSA) is 80.1 Å². The highest BCUT2D eigenvalue weighted by molar-refractivity contribution is 7.99. The number of nitrogens with one attached hydrogen (secondary N) is 1. The van der Waals surface area contributed by atoms with E-state index >= 15 is 0 Å². The Labute approximate surface area is 189 Å². The van der Waals surface area contributed by atoms with Crippen LogP contribution in [0.2, 0.25) is 5.02 Å². The second-order valence-corrected chi connectivity index (χ2v) is 8.61. The Morgan fingerprint density at radius 2 is 1.94 bits per heavy atom. The van der Waals surface area contributed by atoms with Crippen LogP contribution in [-0.4, -0.2) is 38.4 Å². The average Bonchev–Trinajstić information content (AvgIpc) is 3.11. The quantitative estimate of drug-likeness (QED) is 0.574. The number of thioether (sulfide) groups is 1. The SMILES string of the molecule is CCn1c(SCC(=O)N2c3ccccc3NC(=O)CC2C)nnc1-c1ccc(Cl)cc1. The number of carbonyl (C=O) groups is 2. The smallest absolute Gasteiger partial charge is 0.237 e. The number of carbonyl (C=O) groups excluding carboxylic acids is 2. The van der Waals surface area contributed by atoms with Gasteiger partial charge in [0.05, 0.1) is 17.1 Å². The Morgan fingerprint density at radius 3 is 2.68 bits per heavy atom. The fourth-order valence-electron chi connectivity index (χ4n) is 3.66. The lowest BCUT2D eigenvalue weighted by Crippen LogP contribution is -2.40. The number of halogens is 1. The monoisotopic (exact) mass is 455 g/mol. The molecule has 0 aliphatic carbocycles. The van der Waals surface area contributed by atoms with Crippen LogP contribution in [0, 0.1) is 0 Å². The Morgan fingerprint density at radius 1 is 1.19 bits per heavy atom. The standard InChI is InChI=1S/C22H22ClN5O2S/c1-3-27-21(15-8-10-16(23)11-9-15)25-26-22(27)31-13-20(30)28-14(2)12-19(29)24-17-6-4-5-7-18(17)28/h4-11,14H,3,12-13H2,1-2H3,(H,24,29). The normalized spacial score (nSPS) is 15.9. The van der Waals surface area contributed by atoms with Crippen molar-refractivity contribution >= 4 is 46.6 Å². The van der Waals surface area contributed by atoms with Crippen molar-refractivity contribution in [2.45, 2.75) is 38.0 Å². The number of benzene rings is 2. The van der Waals surface area contributed by atoms with Crippen molar-refractivity contribution in [1.82, 2.24) is 14.8 Å². The number of amides is 2. The first-order valence-corrected chi connectivity index (χ1v) is 11.4. The summed E-state index contributed by atoms with van der Waals surface area (Å²) in [5.41, 5.74) is 2.28. The molecule has 1 N–H and O–H groups in total. The van der Waals surface area contributed by atoms with E-state index in [9.17, 15) is 9.59 Å². The minimum atomic E-state index is -0.245. The molecule has 3 aromatic rings. The van der Waals surface area contributed by atoms with Gasteiger partial charge >= 0.3 is 0 Å². The fourth-order valence-corrected chi connectivity index (χ4v) is 4.64. The predicted octanol–water partition coefficient (Wildman–Crippen LogP) is 4.47. The van der Waals surface area contributed by atoms with E-state index in [0.29, 0.717) is 28.1 Å². The summed E-state index contributed by atoms with van der Waals surface area (Å²) in [6.07, 6.45) is 0.247. The van der Waals surface area contributed by atoms with E-state index in [1.54, 1.807) is 4.90 Å². The minimum Gasteiger partial charge on any atom is -0.324 e. The Bertz CT molecular complexity index is 1120. The first kappa shape index (κ1) is 21.4. The van der Waals surface area contributed by atoms with Crippen molar-refractivity contribution < 1.29 is 9.59 Å². The average molecular weight is 456 g/mol. The van der Waals surface area contributed by atoms with Crippen molar-refractivity contribution in [1.29, 1.82) is 0 Å². The second-order valence-electron chi connectivity index (χ2n) is 7.23. The van der Waals surface area contributed by atoms with E-state index < -0.39 is 0 Å².